The Morgan fingerprint density at radius 1 is 1.33 bits per heavy atom. The third kappa shape index (κ3) is 3.30. The number of anilines is 1. The summed E-state index contributed by atoms with van der Waals surface area (Å²) < 4.78 is 5.01. The van der Waals surface area contributed by atoms with Gasteiger partial charge in [0.2, 0.25) is 0 Å². The Morgan fingerprint density at radius 2 is 2.10 bits per heavy atom. The SMILES string of the molecule is COc1cc([N+](=O)[O-])ccc1C(=O)Nc1cnc(C)cn1. The van der Waals surface area contributed by atoms with E-state index in [1.807, 2.05) is 0 Å². The van der Waals surface area contributed by atoms with E-state index in [2.05, 4.69) is 15.3 Å². The van der Waals surface area contributed by atoms with Crippen LogP contribution in [-0.4, -0.2) is 27.9 Å². The second kappa shape index (κ2) is 5.95. The number of hydrogen-bond donors (Lipinski definition) is 1. The molecule has 0 saturated heterocycles. The molecular weight excluding hydrogens is 276 g/mol. The van der Waals surface area contributed by atoms with E-state index in [4.69, 9.17) is 4.74 Å². The quantitative estimate of drug-likeness (QED) is 0.680. The largest absolute Gasteiger partial charge is 0.496 e. The third-order valence-electron chi connectivity index (χ3n) is 2.66. The molecule has 1 amide bonds. The van der Waals surface area contributed by atoms with E-state index in [9.17, 15) is 14.9 Å². The van der Waals surface area contributed by atoms with Crippen molar-refractivity contribution in [1.29, 1.82) is 0 Å². The molecule has 0 fully saturated rings. The predicted molar refractivity (Wildman–Crippen MR) is 74.4 cm³/mol. The summed E-state index contributed by atoms with van der Waals surface area (Å²) in [5, 5.41) is 13.3. The van der Waals surface area contributed by atoms with E-state index in [0.717, 1.165) is 5.69 Å². The number of benzene rings is 1. The second-order valence-corrected chi connectivity index (χ2v) is 4.14. The molecule has 8 nitrogen and oxygen atoms in total. The molecule has 0 atom stereocenters. The van der Waals surface area contributed by atoms with E-state index in [1.54, 1.807) is 6.92 Å². The number of carbonyl (C=O) groups is 1. The number of nitrogens with one attached hydrogen (secondary N) is 1. The maximum atomic E-state index is 12.1. The van der Waals surface area contributed by atoms with Gasteiger partial charge in [-0.1, -0.05) is 0 Å². The zero-order valence-electron chi connectivity index (χ0n) is 11.4. The molecule has 1 heterocycles. The van der Waals surface area contributed by atoms with Gasteiger partial charge in [-0.25, -0.2) is 4.98 Å². The zero-order chi connectivity index (χ0) is 15.4. The summed E-state index contributed by atoms with van der Waals surface area (Å²) in [4.78, 5) is 30.3. The van der Waals surface area contributed by atoms with Gasteiger partial charge in [-0.15, -0.1) is 0 Å². The van der Waals surface area contributed by atoms with Crippen molar-refractivity contribution < 1.29 is 14.5 Å². The van der Waals surface area contributed by atoms with E-state index in [1.165, 1.54) is 37.7 Å². The normalized spacial score (nSPS) is 10.0. The van der Waals surface area contributed by atoms with Gasteiger partial charge in [-0.3, -0.25) is 19.9 Å². The zero-order valence-corrected chi connectivity index (χ0v) is 11.4. The average molecular weight is 288 g/mol. The van der Waals surface area contributed by atoms with Crippen molar-refractivity contribution in [2.75, 3.05) is 12.4 Å². The first-order chi connectivity index (χ1) is 10.0. The molecule has 0 aliphatic carbocycles. The van der Waals surface area contributed by atoms with Crippen molar-refractivity contribution in [2.45, 2.75) is 6.92 Å². The molecule has 0 radical (unpaired) electrons. The molecule has 1 aromatic carbocycles. The number of ether oxygens (including phenoxy) is 1. The van der Waals surface area contributed by atoms with Crippen molar-refractivity contribution in [2.24, 2.45) is 0 Å². The summed E-state index contributed by atoms with van der Waals surface area (Å²) in [7, 11) is 1.33. The monoisotopic (exact) mass is 288 g/mol. The number of methoxy groups -OCH3 is 1. The summed E-state index contributed by atoms with van der Waals surface area (Å²) in [6.45, 7) is 1.78. The Labute approximate surface area is 120 Å². The number of aromatic nitrogens is 2. The summed E-state index contributed by atoms with van der Waals surface area (Å²) in [5.41, 5.74) is 0.741. The number of non-ortho nitro benzene ring substituents is 1. The minimum absolute atomic E-state index is 0.113. The Hall–Kier alpha value is -3.03. The maximum Gasteiger partial charge on any atom is 0.273 e. The van der Waals surface area contributed by atoms with Crippen LogP contribution in [0.2, 0.25) is 0 Å². The van der Waals surface area contributed by atoms with Crippen LogP contribution in [0.5, 0.6) is 5.75 Å². The third-order valence-corrected chi connectivity index (χ3v) is 2.66. The molecule has 0 saturated carbocycles. The van der Waals surface area contributed by atoms with Crippen LogP contribution >= 0.6 is 0 Å². The van der Waals surface area contributed by atoms with Gasteiger partial charge < -0.3 is 10.1 Å². The predicted octanol–water partition coefficient (Wildman–Crippen LogP) is 1.95. The molecule has 0 aliphatic heterocycles. The van der Waals surface area contributed by atoms with Crippen molar-refractivity contribution >= 4 is 17.4 Å². The first-order valence-corrected chi connectivity index (χ1v) is 5.93. The molecule has 2 rings (SSSR count). The molecule has 21 heavy (non-hydrogen) atoms. The molecule has 0 unspecified atom stereocenters. The first-order valence-electron chi connectivity index (χ1n) is 5.93. The van der Waals surface area contributed by atoms with Crippen molar-refractivity contribution in [1.82, 2.24) is 9.97 Å². The van der Waals surface area contributed by atoms with E-state index in [0.29, 0.717) is 0 Å². The first kappa shape index (κ1) is 14.4. The molecular formula is C13H12N4O4. The van der Waals surface area contributed by atoms with Crippen LogP contribution in [-0.2, 0) is 0 Å². The van der Waals surface area contributed by atoms with E-state index in [-0.39, 0.29) is 22.8 Å². The van der Waals surface area contributed by atoms with Gasteiger partial charge in [0, 0.05) is 6.07 Å². The number of carbonyl (C=O) groups excluding carboxylic acids is 1. The van der Waals surface area contributed by atoms with Crippen LogP contribution in [0.3, 0.4) is 0 Å². The lowest BCUT2D eigenvalue weighted by Crippen LogP contribution is -2.14. The fraction of sp³-hybridized carbons (Fsp3) is 0.154. The smallest absolute Gasteiger partial charge is 0.273 e. The number of rotatable bonds is 4. The number of nitro benzene ring substituents is 1. The molecule has 0 aliphatic rings. The van der Waals surface area contributed by atoms with Gasteiger partial charge in [-0.2, -0.15) is 0 Å². The van der Waals surface area contributed by atoms with Gasteiger partial charge >= 0.3 is 0 Å². The standard InChI is InChI=1S/C13H12N4O4/c1-8-6-15-12(7-14-8)16-13(18)10-4-3-9(17(19)20)5-11(10)21-2/h3-7H,1-2H3,(H,15,16,18). The molecule has 8 heteroatoms. The molecule has 0 bridgehead atoms. The lowest BCUT2D eigenvalue weighted by Gasteiger charge is -2.08. The van der Waals surface area contributed by atoms with Crippen LogP contribution in [0.1, 0.15) is 16.1 Å². The Morgan fingerprint density at radius 3 is 2.67 bits per heavy atom. The van der Waals surface area contributed by atoms with Crippen LogP contribution in [0.4, 0.5) is 11.5 Å². The lowest BCUT2D eigenvalue weighted by atomic mass is 10.1. The Kier molecular flexibility index (Phi) is 4.07. The fourth-order valence-corrected chi connectivity index (χ4v) is 1.62. The van der Waals surface area contributed by atoms with Crippen molar-refractivity contribution in [3.63, 3.8) is 0 Å². The van der Waals surface area contributed by atoms with Crippen LogP contribution in [0.25, 0.3) is 0 Å². The Bertz CT molecular complexity index is 685. The minimum atomic E-state index is -0.560. The molecule has 0 spiro atoms. The molecule has 1 aromatic heterocycles. The van der Waals surface area contributed by atoms with Crippen molar-refractivity contribution in [3.05, 3.63) is 52.0 Å². The minimum Gasteiger partial charge on any atom is -0.496 e. The average Bonchev–Trinajstić information content (AvgIpc) is 2.48. The van der Waals surface area contributed by atoms with Gasteiger partial charge in [0.15, 0.2) is 5.82 Å². The number of nitrogens with zero attached hydrogens (tertiary/aromatic N) is 3. The molecule has 108 valence electrons. The highest BCUT2D eigenvalue weighted by Gasteiger charge is 2.17. The topological polar surface area (TPSA) is 107 Å². The Balaban J connectivity index is 2.26. The van der Waals surface area contributed by atoms with E-state index >= 15 is 0 Å². The van der Waals surface area contributed by atoms with Gasteiger partial charge in [0.25, 0.3) is 11.6 Å². The van der Waals surface area contributed by atoms with Crippen LogP contribution < -0.4 is 10.1 Å². The number of aryl methyl sites for hydroxylation is 1. The highest BCUT2D eigenvalue weighted by molar-refractivity contribution is 6.05. The molecule has 2 aromatic rings. The molecule has 1 N–H and O–H groups in total. The van der Waals surface area contributed by atoms with E-state index < -0.39 is 10.8 Å². The number of hydrogen-bond acceptors (Lipinski definition) is 6. The second-order valence-electron chi connectivity index (χ2n) is 4.14. The fourth-order valence-electron chi connectivity index (χ4n) is 1.62. The van der Waals surface area contributed by atoms with Crippen LogP contribution in [0.15, 0.2) is 30.6 Å². The van der Waals surface area contributed by atoms with Gasteiger partial charge in [-0.05, 0) is 13.0 Å². The van der Waals surface area contributed by atoms with Crippen molar-refractivity contribution in [3.8, 4) is 5.75 Å². The number of nitro groups is 1. The summed E-state index contributed by atoms with van der Waals surface area (Å²) >= 11 is 0. The summed E-state index contributed by atoms with van der Waals surface area (Å²) in [6, 6.07) is 3.75. The van der Waals surface area contributed by atoms with Crippen LogP contribution in [0, 0.1) is 17.0 Å². The lowest BCUT2D eigenvalue weighted by molar-refractivity contribution is -0.384. The van der Waals surface area contributed by atoms with Gasteiger partial charge in [0.05, 0.1) is 41.8 Å². The highest BCUT2D eigenvalue weighted by atomic mass is 16.6. The number of amides is 1. The maximum absolute atomic E-state index is 12.1. The highest BCUT2D eigenvalue weighted by Crippen LogP contribution is 2.25. The van der Waals surface area contributed by atoms with Gasteiger partial charge in [0.1, 0.15) is 5.75 Å². The summed E-state index contributed by atoms with van der Waals surface area (Å²) in [5.74, 6) is -0.0901. The summed E-state index contributed by atoms with van der Waals surface area (Å²) in [6.07, 6.45) is 2.94.